The first-order chi connectivity index (χ1) is 4.95. The Hall–Kier alpha value is -0.840. The molecular weight excluding hydrogens is 138 g/mol. The second-order valence-electron chi connectivity index (χ2n) is 3.41. The molecule has 2 heteroatoms. The van der Waals surface area contributed by atoms with E-state index in [-0.39, 0.29) is 11.7 Å². The molecule has 11 heavy (non-hydrogen) atoms. The van der Waals surface area contributed by atoms with Crippen LogP contribution >= 0.6 is 0 Å². The SMILES string of the molecule is CCC(C)C(=O)C(C)(C)C#N. The fraction of sp³-hybridized carbons (Fsp3) is 0.778. The smallest absolute Gasteiger partial charge is 0.155 e. The lowest BCUT2D eigenvalue weighted by Crippen LogP contribution is -2.27. The van der Waals surface area contributed by atoms with Crippen molar-refractivity contribution in [1.29, 1.82) is 5.26 Å². The third-order valence-corrected chi connectivity index (χ3v) is 1.96. The summed E-state index contributed by atoms with van der Waals surface area (Å²) in [5.74, 6) is 0.0483. The molecule has 62 valence electrons. The van der Waals surface area contributed by atoms with Crippen molar-refractivity contribution in [3.63, 3.8) is 0 Å². The minimum absolute atomic E-state index is 0.00431. The molecule has 0 heterocycles. The summed E-state index contributed by atoms with van der Waals surface area (Å²) in [5, 5.41) is 8.64. The van der Waals surface area contributed by atoms with Crippen LogP contribution in [0.5, 0.6) is 0 Å². The Balaban J connectivity index is 4.39. The normalized spacial score (nSPS) is 13.7. The largest absolute Gasteiger partial charge is 0.298 e. The van der Waals surface area contributed by atoms with Crippen LogP contribution in [-0.2, 0) is 4.79 Å². The molecule has 0 N–H and O–H groups in total. The van der Waals surface area contributed by atoms with Crippen molar-refractivity contribution in [2.45, 2.75) is 34.1 Å². The molecule has 1 atom stereocenters. The van der Waals surface area contributed by atoms with Gasteiger partial charge in [0.25, 0.3) is 0 Å². The molecule has 0 spiro atoms. The van der Waals surface area contributed by atoms with Gasteiger partial charge in [-0.1, -0.05) is 13.8 Å². The zero-order valence-electron chi connectivity index (χ0n) is 7.64. The Morgan fingerprint density at radius 3 is 2.36 bits per heavy atom. The van der Waals surface area contributed by atoms with E-state index in [9.17, 15) is 4.79 Å². The van der Waals surface area contributed by atoms with Gasteiger partial charge in [0.1, 0.15) is 5.41 Å². The highest BCUT2D eigenvalue weighted by atomic mass is 16.1. The minimum atomic E-state index is -0.810. The summed E-state index contributed by atoms with van der Waals surface area (Å²) in [7, 11) is 0. The molecule has 0 aromatic carbocycles. The molecule has 0 aliphatic heterocycles. The summed E-state index contributed by atoms with van der Waals surface area (Å²) in [4.78, 5) is 11.4. The molecule has 0 amide bonds. The lowest BCUT2D eigenvalue weighted by atomic mass is 9.82. The molecule has 0 aromatic rings. The summed E-state index contributed by atoms with van der Waals surface area (Å²) in [6, 6.07) is 2.01. The van der Waals surface area contributed by atoms with Gasteiger partial charge in [-0.25, -0.2) is 0 Å². The van der Waals surface area contributed by atoms with Crippen molar-refractivity contribution in [3.8, 4) is 6.07 Å². The Morgan fingerprint density at radius 2 is 2.09 bits per heavy atom. The fourth-order valence-corrected chi connectivity index (χ4v) is 0.856. The highest BCUT2D eigenvalue weighted by Gasteiger charge is 2.30. The van der Waals surface area contributed by atoms with Crippen LogP contribution in [0, 0.1) is 22.7 Å². The molecule has 0 saturated carbocycles. The van der Waals surface area contributed by atoms with Gasteiger partial charge >= 0.3 is 0 Å². The predicted molar refractivity (Wildman–Crippen MR) is 43.9 cm³/mol. The van der Waals surface area contributed by atoms with E-state index in [2.05, 4.69) is 0 Å². The van der Waals surface area contributed by atoms with Crippen molar-refractivity contribution in [1.82, 2.24) is 0 Å². The summed E-state index contributed by atoms with van der Waals surface area (Å²) in [6.45, 7) is 7.15. The molecule has 0 bridgehead atoms. The minimum Gasteiger partial charge on any atom is -0.298 e. The number of rotatable bonds is 3. The molecule has 0 saturated heterocycles. The second-order valence-corrected chi connectivity index (χ2v) is 3.41. The fourth-order valence-electron chi connectivity index (χ4n) is 0.856. The average molecular weight is 153 g/mol. The second kappa shape index (κ2) is 3.52. The van der Waals surface area contributed by atoms with Crippen molar-refractivity contribution >= 4 is 5.78 Å². The summed E-state index contributed by atoms with van der Waals surface area (Å²) < 4.78 is 0. The van der Waals surface area contributed by atoms with Crippen molar-refractivity contribution < 1.29 is 4.79 Å². The lowest BCUT2D eigenvalue weighted by Gasteiger charge is -2.17. The maximum absolute atomic E-state index is 11.4. The molecule has 2 nitrogen and oxygen atoms in total. The molecule has 0 rings (SSSR count). The van der Waals surface area contributed by atoms with Crippen LogP contribution in [0.3, 0.4) is 0 Å². The van der Waals surface area contributed by atoms with Gasteiger partial charge in [0, 0.05) is 5.92 Å². The van der Waals surface area contributed by atoms with Gasteiger partial charge in [-0.2, -0.15) is 5.26 Å². The highest BCUT2D eigenvalue weighted by molar-refractivity contribution is 5.88. The maximum atomic E-state index is 11.4. The summed E-state index contributed by atoms with van der Waals surface area (Å²) >= 11 is 0. The van der Waals surface area contributed by atoms with E-state index in [4.69, 9.17) is 5.26 Å². The molecule has 0 aromatic heterocycles. The first-order valence-corrected chi connectivity index (χ1v) is 3.91. The van der Waals surface area contributed by atoms with Crippen molar-refractivity contribution in [3.05, 3.63) is 0 Å². The molecule has 1 unspecified atom stereocenters. The zero-order chi connectivity index (χ0) is 9.07. The van der Waals surface area contributed by atoms with Crippen LogP contribution in [0.25, 0.3) is 0 Å². The van der Waals surface area contributed by atoms with Crippen LogP contribution in [0.1, 0.15) is 34.1 Å². The van der Waals surface area contributed by atoms with Gasteiger partial charge in [-0.3, -0.25) is 4.79 Å². The van der Waals surface area contributed by atoms with Crippen LogP contribution in [0.2, 0.25) is 0 Å². The van der Waals surface area contributed by atoms with Gasteiger partial charge in [-0.05, 0) is 20.3 Å². The number of Topliss-reactive ketones (excluding diaryl/α,β-unsaturated/α-hetero) is 1. The predicted octanol–water partition coefficient (Wildman–Crippen LogP) is 2.15. The van der Waals surface area contributed by atoms with Crippen LogP contribution in [0.4, 0.5) is 0 Å². The third kappa shape index (κ3) is 2.34. The number of nitriles is 1. The highest BCUT2D eigenvalue weighted by Crippen LogP contribution is 2.21. The number of hydrogen-bond donors (Lipinski definition) is 0. The Morgan fingerprint density at radius 1 is 1.64 bits per heavy atom. The quantitative estimate of drug-likeness (QED) is 0.623. The van der Waals surface area contributed by atoms with Gasteiger partial charge < -0.3 is 0 Å². The number of carbonyl (C=O) groups is 1. The van der Waals surface area contributed by atoms with Gasteiger partial charge in [-0.15, -0.1) is 0 Å². The Labute approximate surface area is 68.2 Å². The van der Waals surface area contributed by atoms with Gasteiger partial charge in [0.2, 0.25) is 0 Å². The van der Waals surface area contributed by atoms with Crippen LogP contribution < -0.4 is 0 Å². The van der Waals surface area contributed by atoms with Gasteiger partial charge in [0.15, 0.2) is 5.78 Å². The lowest BCUT2D eigenvalue weighted by molar-refractivity contribution is -0.128. The molecule has 0 fully saturated rings. The van der Waals surface area contributed by atoms with E-state index >= 15 is 0 Å². The van der Waals surface area contributed by atoms with Crippen LogP contribution in [-0.4, -0.2) is 5.78 Å². The van der Waals surface area contributed by atoms with E-state index in [0.29, 0.717) is 0 Å². The molecule has 0 radical (unpaired) electrons. The number of carbonyl (C=O) groups excluding carboxylic acids is 1. The Bertz CT molecular complexity index is 188. The van der Waals surface area contributed by atoms with E-state index in [0.717, 1.165) is 6.42 Å². The van der Waals surface area contributed by atoms with Crippen molar-refractivity contribution in [2.24, 2.45) is 11.3 Å². The topological polar surface area (TPSA) is 40.9 Å². The average Bonchev–Trinajstić information content (AvgIpc) is 2.01. The van der Waals surface area contributed by atoms with E-state index < -0.39 is 5.41 Å². The molecular formula is C9H15NO. The molecule has 0 aliphatic carbocycles. The standard InChI is InChI=1S/C9H15NO/c1-5-7(2)8(11)9(3,4)6-10/h7H,5H2,1-4H3. The van der Waals surface area contributed by atoms with Crippen LogP contribution in [0.15, 0.2) is 0 Å². The monoisotopic (exact) mass is 153 g/mol. The zero-order valence-corrected chi connectivity index (χ0v) is 7.64. The van der Waals surface area contributed by atoms with E-state index in [1.165, 1.54) is 0 Å². The van der Waals surface area contributed by atoms with E-state index in [1.54, 1.807) is 13.8 Å². The number of ketones is 1. The first-order valence-electron chi connectivity index (χ1n) is 3.91. The molecule has 0 aliphatic rings. The number of hydrogen-bond acceptors (Lipinski definition) is 2. The number of nitrogens with zero attached hydrogens (tertiary/aromatic N) is 1. The summed E-state index contributed by atoms with van der Waals surface area (Å²) in [5.41, 5.74) is -0.810. The van der Waals surface area contributed by atoms with E-state index in [1.807, 2.05) is 19.9 Å². The Kier molecular flexibility index (Phi) is 3.25. The summed E-state index contributed by atoms with van der Waals surface area (Å²) in [6.07, 6.45) is 0.809. The first kappa shape index (κ1) is 10.2. The van der Waals surface area contributed by atoms with Gasteiger partial charge in [0.05, 0.1) is 6.07 Å². The van der Waals surface area contributed by atoms with Crippen molar-refractivity contribution in [2.75, 3.05) is 0 Å². The third-order valence-electron chi connectivity index (χ3n) is 1.96. The maximum Gasteiger partial charge on any atom is 0.155 e.